The van der Waals surface area contributed by atoms with Crippen molar-refractivity contribution in [1.29, 1.82) is 0 Å². The van der Waals surface area contributed by atoms with Gasteiger partial charge in [0.05, 0.1) is 13.2 Å². The standard InChI is InChI=1S/C14H18N2O2/c1-11-2-3-13-12(10-11)4-6-16(14(13)17)7-9-18-8-5-15/h2-4,6,10H,5,7-9,15H2,1H3. The highest BCUT2D eigenvalue weighted by Crippen LogP contribution is 2.11. The van der Waals surface area contributed by atoms with E-state index in [2.05, 4.69) is 0 Å². The number of nitrogens with zero attached hydrogens (tertiary/aromatic N) is 1. The monoisotopic (exact) mass is 246 g/mol. The van der Waals surface area contributed by atoms with Crippen LogP contribution in [0.4, 0.5) is 0 Å². The second-order valence-corrected chi connectivity index (χ2v) is 4.31. The van der Waals surface area contributed by atoms with E-state index in [1.165, 1.54) is 0 Å². The number of aromatic nitrogens is 1. The van der Waals surface area contributed by atoms with Crippen LogP contribution in [0, 0.1) is 6.92 Å². The van der Waals surface area contributed by atoms with Gasteiger partial charge in [-0.15, -0.1) is 0 Å². The maximum Gasteiger partial charge on any atom is 0.258 e. The first-order valence-corrected chi connectivity index (χ1v) is 6.10. The third-order valence-corrected chi connectivity index (χ3v) is 2.87. The highest BCUT2D eigenvalue weighted by Gasteiger charge is 2.02. The molecule has 2 N–H and O–H groups in total. The Balaban J connectivity index is 2.23. The summed E-state index contributed by atoms with van der Waals surface area (Å²) < 4.78 is 6.96. The molecule has 4 nitrogen and oxygen atoms in total. The molecular formula is C14H18N2O2. The van der Waals surface area contributed by atoms with Gasteiger partial charge in [0.15, 0.2) is 0 Å². The molecule has 0 saturated carbocycles. The number of hydrogen-bond donors (Lipinski definition) is 1. The lowest BCUT2D eigenvalue weighted by molar-refractivity contribution is 0.132. The van der Waals surface area contributed by atoms with Gasteiger partial charge < -0.3 is 15.0 Å². The Morgan fingerprint density at radius 3 is 2.89 bits per heavy atom. The molecule has 2 aromatic rings. The molecular weight excluding hydrogens is 228 g/mol. The molecule has 0 aliphatic carbocycles. The number of pyridine rings is 1. The summed E-state index contributed by atoms with van der Waals surface area (Å²) in [5, 5.41) is 1.74. The van der Waals surface area contributed by atoms with E-state index >= 15 is 0 Å². The summed E-state index contributed by atoms with van der Waals surface area (Å²) in [6.07, 6.45) is 1.82. The highest BCUT2D eigenvalue weighted by molar-refractivity contribution is 5.81. The Hall–Kier alpha value is -1.65. The van der Waals surface area contributed by atoms with Crippen LogP contribution in [0.25, 0.3) is 10.8 Å². The Labute approximate surface area is 106 Å². The van der Waals surface area contributed by atoms with E-state index in [-0.39, 0.29) is 5.56 Å². The average Bonchev–Trinajstić information content (AvgIpc) is 2.37. The minimum Gasteiger partial charge on any atom is -0.378 e. The summed E-state index contributed by atoms with van der Waals surface area (Å²) in [6.45, 7) is 4.12. The van der Waals surface area contributed by atoms with Crippen LogP contribution in [0.15, 0.2) is 35.3 Å². The van der Waals surface area contributed by atoms with Crippen molar-refractivity contribution in [2.45, 2.75) is 13.5 Å². The van der Waals surface area contributed by atoms with Crippen LogP contribution in [0.1, 0.15) is 5.56 Å². The molecule has 0 aliphatic heterocycles. The minimum absolute atomic E-state index is 0.0313. The van der Waals surface area contributed by atoms with Crippen molar-refractivity contribution in [3.05, 3.63) is 46.4 Å². The molecule has 0 atom stereocenters. The number of hydrogen-bond acceptors (Lipinski definition) is 3. The Kier molecular flexibility index (Phi) is 4.12. The van der Waals surface area contributed by atoms with Crippen LogP contribution in [0.5, 0.6) is 0 Å². The van der Waals surface area contributed by atoms with Crippen LogP contribution < -0.4 is 11.3 Å². The lowest BCUT2D eigenvalue weighted by Gasteiger charge is -2.08. The third-order valence-electron chi connectivity index (χ3n) is 2.87. The van der Waals surface area contributed by atoms with Crippen molar-refractivity contribution in [1.82, 2.24) is 4.57 Å². The molecule has 1 aromatic carbocycles. The molecule has 0 bridgehead atoms. The largest absolute Gasteiger partial charge is 0.378 e. The molecule has 0 amide bonds. The quantitative estimate of drug-likeness (QED) is 0.809. The van der Waals surface area contributed by atoms with Gasteiger partial charge in [0.25, 0.3) is 5.56 Å². The molecule has 18 heavy (non-hydrogen) atoms. The summed E-state index contributed by atoms with van der Waals surface area (Å²) in [5.41, 5.74) is 6.52. The first-order valence-electron chi connectivity index (χ1n) is 6.10. The first-order chi connectivity index (χ1) is 8.72. The van der Waals surface area contributed by atoms with Crippen molar-refractivity contribution < 1.29 is 4.74 Å². The van der Waals surface area contributed by atoms with Crippen molar-refractivity contribution in [2.24, 2.45) is 5.73 Å². The van der Waals surface area contributed by atoms with Crippen molar-refractivity contribution in [3.63, 3.8) is 0 Å². The fourth-order valence-electron chi connectivity index (χ4n) is 1.93. The average molecular weight is 246 g/mol. The van der Waals surface area contributed by atoms with Gasteiger partial charge >= 0.3 is 0 Å². The maximum atomic E-state index is 12.2. The fraction of sp³-hybridized carbons (Fsp3) is 0.357. The Morgan fingerprint density at radius 2 is 2.11 bits per heavy atom. The van der Waals surface area contributed by atoms with Gasteiger partial charge in [-0.25, -0.2) is 0 Å². The van der Waals surface area contributed by atoms with Crippen LogP contribution in [0.3, 0.4) is 0 Å². The minimum atomic E-state index is 0.0313. The van der Waals surface area contributed by atoms with Gasteiger partial charge in [0.1, 0.15) is 0 Å². The number of benzene rings is 1. The van der Waals surface area contributed by atoms with Gasteiger partial charge in [0, 0.05) is 24.7 Å². The zero-order chi connectivity index (χ0) is 13.0. The zero-order valence-electron chi connectivity index (χ0n) is 10.6. The van der Waals surface area contributed by atoms with E-state index in [0.29, 0.717) is 26.3 Å². The second-order valence-electron chi connectivity index (χ2n) is 4.31. The molecule has 0 unspecified atom stereocenters. The summed E-state index contributed by atoms with van der Waals surface area (Å²) in [6, 6.07) is 7.82. The van der Waals surface area contributed by atoms with E-state index < -0.39 is 0 Å². The van der Waals surface area contributed by atoms with Gasteiger partial charge in [-0.1, -0.05) is 17.7 Å². The van der Waals surface area contributed by atoms with Crippen LogP contribution in [-0.2, 0) is 11.3 Å². The molecule has 2 rings (SSSR count). The van der Waals surface area contributed by atoms with Crippen LogP contribution in [-0.4, -0.2) is 24.3 Å². The molecule has 0 radical (unpaired) electrons. The molecule has 96 valence electrons. The van der Waals surface area contributed by atoms with E-state index in [0.717, 1.165) is 16.3 Å². The molecule has 1 aromatic heterocycles. The van der Waals surface area contributed by atoms with Crippen molar-refractivity contribution >= 4 is 10.8 Å². The molecule has 1 heterocycles. The van der Waals surface area contributed by atoms with E-state index in [9.17, 15) is 4.79 Å². The normalized spacial score (nSPS) is 11.0. The fourth-order valence-corrected chi connectivity index (χ4v) is 1.93. The number of aryl methyl sites for hydroxylation is 1. The summed E-state index contributed by atoms with van der Waals surface area (Å²) >= 11 is 0. The molecule has 0 fully saturated rings. The number of nitrogens with two attached hydrogens (primary N) is 1. The van der Waals surface area contributed by atoms with Crippen LogP contribution in [0.2, 0.25) is 0 Å². The lowest BCUT2D eigenvalue weighted by Crippen LogP contribution is -2.22. The van der Waals surface area contributed by atoms with Crippen molar-refractivity contribution in [2.75, 3.05) is 19.8 Å². The van der Waals surface area contributed by atoms with Gasteiger partial charge in [-0.3, -0.25) is 4.79 Å². The summed E-state index contributed by atoms with van der Waals surface area (Å²) in [4.78, 5) is 12.2. The molecule has 0 spiro atoms. The smallest absolute Gasteiger partial charge is 0.258 e. The van der Waals surface area contributed by atoms with Gasteiger partial charge in [-0.05, 0) is 24.4 Å². The summed E-state index contributed by atoms with van der Waals surface area (Å²) in [5.74, 6) is 0. The van der Waals surface area contributed by atoms with E-state index in [1.807, 2.05) is 37.4 Å². The highest BCUT2D eigenvalue weighted by atomic mass is 16.5. The number of fused-ring (bicyclic) bond motifs is 1. The predicted octanol–water partition coefficient (Wildman–Crippen LogP) is 1.29. The second kappa shape index (κ2) is 5.80. The third kappa shape index (κ3) is 2.78. The topological polar surface area (TPSA) is 57.2 Å². The Morgan fingerprint density at radius 1 is 1.28 bits per heavy atom. The summed E-state index contributed by atoms with van der Waals surface area (Å²) in [7, 11) is 0. The number of rotatable bonds is 5. The van der Waals surface area contributed by atoms with E-state index in [1.54, 1.807) is 4.57 Å². The Bertz CT molecular complexity index is 590. The maximum absolute atomic E-state index is 12.2. The molecule has 0 saturated heterocycles. The predicted molar refractivity (Wildman–Crippen MR) is 72.8 cm³/mol. The van der Waals surface area contributed by atoms with Gasteiger partial charge in [0.2, 0.25) is 0 Å². The first kappa shape index (κ1) is 12.8. The molecule has 0 aliphatic rings. The van der Waals surface area contributed by atoms with Crippen molar-refractivity contribution in [3.8, 4) is 0 Å². The number of ether oxygens (including phenoxy) is 1. The van der Waals surface area contributed by atoms with Crippen LogP contribution >= 0.6 is 0 Å². The van der Waals surface area contributed by atoms with Gasteiger partial charge in [-0.2, -0.15) is 0 Å². The zero-order valence-corrected chi connectivity index (χ0v) is 10.6. The van der Waals surface area contributed by atoms with E-state index in [4.69, 9.17) is 10.5 Å². The SMILES string of the molecule is Cc1ccc2c(=O)n(CCOCCN)ccc2c1. The molecule has 4 heteroatoms. The lowest BCUT2D eigenvalue weighted by atomic mass is 10.1.